The summed E-state index contributed by atoms with van der Waals surface area (Å²) in [4.78, 5) is 0. The summed E-state index contributed by atoms with van der Waals surface area (Å²) in [5.41, 5.74) is 7.14. The maximum absolute atomic E-state index is 3.58. The van der Waals surface area contributed by atoms with Crippen molar-refractivity contribution in [1.29, 1.82) is 0 Å². The van der Waals surface area contributed by atoms with Crippen LogP contribution in [-0.2, 0) is 0 Å². The van der Waals surface area contributed by atoms with Gasteiger partial charge in [-0.1, -0.05) is 109 Å². The largest absolute Gasteiger partial charge is 0.355 e. The van der Waals surface area contributed by atoms with E-state index in [2.05, 4.69) is 139 Å². The van der Waals surface area contributed by atoms with E-state index in [9.17, 15) is 0 Å². The van der Waals surface area contributed by atoms with Crippen molar-refractivity contribution in [2.45, 2.75) is 0 Å². The van der Waals surface area contributed by atoms with Gasteiger partial charge in [0, 0.05) is 16.8 Å². The average Bonchev–Trinajstić information content (AvgIpc) is 2.89. The van der Waals surface area contributed by atoms with E-state index in [1.165, 1.54) is 43.8 Å². The fourth-order valence-corrected chi connectivity index (χ4v) is 4.58. The molecule has 0 aliphatic rings. The van der Waals surface area contributed by atoms with E-state index in [0.717, 1.165) is 11.4 Å². The fraction of sp³-hybridized carbons (Fsp3) is 0. The van der Waals surface area contributed by atoms with Crippen LogP contribution < -0.4 is 5.32 Å². The smallest absolute Gasteiger partial charge is 0.0463 e. The fourth-order valence-electron chi connectivity index (χ4n) is 4.58. The van der Waals surface area contributed by atoms with Gasteiger partial charge in [0.1, 0.15) is 0 Å². The van der Waals surface area contributed by atoms with Crippen LogP contribution in [0.1, 0.15) is 0 Å². The molecule has 1 nitrogen and oxygen atoms in total. The molecule has 1 N–H and O–H groups in total. The highest BCUT2D eigenvalue weighted by atomic mass is 14.9. The Labute approximate surface area is 194 Å². The second kappa shape index (κ2) is 8.29. The van der Waals surface area contributed by atoms with Crippen LogP contribution in [0.4, 0.5) is 11.4 Å². The first kappa shape index (κ1) is 19.3. The van der Waals surface area contributed by atoms with Gasteiger partial charge in [-0.05, 0) is 62.7 Å². The normalized spacial score (nSPS) is 11.0. The monoisotopic (exact) mass is 421 g/mol. The number of rotatable bonds is 4. The number of fused-ring (bicyclic) bond motifs is 2. The van der Waals surface area contributed by atoms with E-state index >= 15 is 0 Å². The molecule has 1 heteroatoms. The molecule has 0 amide bonds. The Morgan fingerprint density at radius 3 is 1.82 bits per heavy atom. The summed E-state index contributed by atoms with van der Waals surface area (Å²) < 4.78 is 0. The third kappa shape index (κ3) is 3.75. The highest BCUT2D eigenvalue weighted by Crippen LogP contribution is 2.32. The van der Waals surface area contributed by atoms with Crippen molar-refractivity contribution in [2.24, 2.45) is 0 Å². The Kier molecular flexibility index (Phi) is 4.86. The lowest BCUT2D eigenvalue weighted by atomic mass is 9.95. The van der Waals surface area contributed by atoms with Crippen LogP contribution in [0.25, 0.3) is 43.8 Å². The Balaban J connectivity index is 1.31. The highest BCUT2D eigenvalue weighted by molar-refractivity contribution is 5.97. The van der Waals surface area contributed by atoms with Gasteiger partial charge in [0.05, 0.1) is 0 Å². The molecule has 0 saturated carbocycles. The van der Waals surface area contributed by atoms with E-state index < -0.39 is 0 Å². The lowest BCUT2D eigenvalue weighted by Crippen LogP contribution is -1.91. The second-order valence-corrected chi connectivity index (χ2v) is 8.34. The summed E-state index contributed by atoms with van der Waals surface area (Å²) in [6.45, 7) is 0. The number of hydrogen-bond acceptors (Lipinski definition) is 1. The predicted octanol–water partition coefficient (Wildman–Crippen LogP) is 9.07. The minimum Gasteiger partial charge on any atom is -0.355 e. The van der Waals surface area contributed by atoms with E-state index in [0.29, 0.717) is 0 Å². The van der Waals surface area contributed by atoms with E-state index in [1.807, 2.05) is 0 Å². The first-order chi connectivity index (χ1) is 16.3. The minimum atomic E-state index is 1.08. The van der Waals surface area contributed by atoms with Crippen molar-refractivity contribution in [3.8, 4) is 22.3 Å². The maximum atomic E-state index is 3.58. The Morgan fingerprint density at radius 1 is 0.394 bits per heavy atom. The molecule has 0 heterocycles. The summed E-state index contributed by atoms with van der Waals surface area (Å²) in [7, 11) is 0. The zero-order valence-corrected chi connectivity index (χ0v) is 18.2. The molecule has 6 rings (SSSR count). The van der Waals surface area contributed by atoms with Crippen molar-refractivity contribution >= 4 is 32.9 Å². The molecule has 33 heavy (non-hydrogen) atoms. The van der Waals surface area contributed by atoms with E-state index in [1.54, 1.807) is 0 Å². The van der Waals surface area contributed by atoms with Gasteiger partial charge in [-0.3, -0.25) is 0 Å². The van der Waals surface area contributed by atoms with Crippen LogP contribution in [0.2, 0.25) is 0 Å². The molecule has 156 valence electrons. The first-order valence-electron chi connectivity index (χ1n) is 11.3. The topological polar surface area (TPSA) is 12.0 Å². The summed E-state index contributed by atoms with van der Waals surface area (Å²) in [5, 5.41) is 8.60. The third-order valence-electron chi connectivity index (χ3n) is 6.25. The molecular weight excluding hydrogens is 398 g/mol. The molecule has 0 spiro atoms. The lowest BCUT2D eigenvalue weighted by molar-refractivity contribution is 1.56. The van der Waals surface area contributed by atoms with Gasteiger partial charge < -0.3 is 5.32 Å². The Hall–Kier alpha value is -4.36. The van der Waals surface area contributed by atoms with Gasteiger partial charge in [-0.2, -0.15) is 0 Å². The van der Waals surface area contributed by atoms with Crippen molar-refractivity contribution in [3.05, 3.63) is 133 Å². The number of anilines is 2. The van der Waals surface area contributed by atoms with Crippen LogP contribution >= 0.6 is 0 Å². The van der Waals surface area contributed by atoms with Crippen LogP contribution in [0.5, 0.6) is 0 Å². The number of nitrogens with one attached hydrogen (secondary N) is 1. The summed E-state index contributed by atoms with van der Waals surface area (Å²) in [6.07, 6.45) is 0. The number of hydrogen-bond donors (Lipinski definition) is 1. The quantitative estimate of drug-likeness (QED) is 0.299. The third-order valence-corrected chi connectivity index (χ3v) is 6.25. The summed E-state index contributed by atoms with van der Waals surface area (Å²) in [5.74, 6) is 0. The van der Waals surface area contributed by atoms with Crippen molar-refractivity contribution in [2.75, 3.05) is 5.32 Å². The van der Waals surface area contributed by atoms with Crippen molar-refractivity contribution in [3.63, 3.8) is 0 Å². The molecule has 0 fully saturated rings. The minimum absolute atomic E-state index is 1.08. The van der Waals surface area contributed by atoms with E-state index in [4.69, 9.17) is 0 Å². The van der Waals surface area contributed by atoms with Crippen molar-refractivity contribution < 1.29 is 0 Å². The molecule has 0 aromatic heterocycles. The molecule has 6 aromatic carbocycles. The zero-order chi connectivity index (χ0) is 22.0. The standard InChI is InChI=1S/C32H23N/c1-3-14-29-24(8-1)10-6-16-30(29)27-13-5-12-26(22-27)23-18-20-28(21-19-23)33-32-17-7-11-25-9-2-4-15-31(25)32/h1-22,33H. The molecular formula is C32H23N. The molecule has 0 radical (unpaired) electrons. The lowest BCUT2D eigenvalue weighted by Gasteiger charge is -2.12. The zero-order valence-electron chi connectivity index (χ0n) is 18.2. The van der Waals surface area contributed by atoms with Crippen molar-refractivity contribution in [1.82, 2.24) is 0 Å². The van der Waals surface area contributed by atoms with Gasteiger partial charge in [0.2, 0.25) is 0 Å². The summed E-state index contributed by atoms with van der Waals surface area (Å²) >= 11 is 0. The van der Waals surface area contributed by atoms with Crippen LogP contribution in [-0.4, -0.2) is 0 Å². The molecule has 0 aliphatic carbocycles. The number of benzene rings is 6. The molecule has 6 aromatic rings. The Bertz CT molecular complexity index is 1570. The van der Waals surface area contributed by atoms with Gasteiger partial charge in [0.15, 0.2) is 0 Å². The molecule has 0 saturated heterocycles. The van der Waals surface area contributed by atoms with Crippen LogP contribution in [0.3, 0.4) is 0 Å². The van der Waals surface area contributed by atoms with Crippen LogP contribution in [0.15, 0.2) is 133 Å². The van der Waals surface area contributed by atoms with E-state index in [-0.39, 0.29) is 0 Å². The molecule has 0 unspecified atom stereocenters. The highest BCUT2D eigenvalue weighted by Gasteiger charge is 2.06. The van der Waals surface area contributed by atoms with Crippen LogP contribution in [0, 0.1) is 0 Å². The SMILES string of the molecule is c1cc(-c2ccc(Nc3cccc4ccccc34)cc2)cc(-c2cccc3ccccc23)c1. The van der Waals surface area contributed by atoms with Gasteiger partial charge in [-0.25, -0.2) is 0 Å². The first-order valence-corrected chi connectivity index (χ1v) is 11.3. The molecule has 0 aliphatic heterocycles. The maximum Gasteiger partial charge on any atom is 0.0463 e. The molecule has 0 atom stereocenters. The second-order valence-electron chi connectivity index (χ2n) is 8.34. The summed E-state index contributed by atoms with van der Waals surface area (Å²) in [6, 6.07) is 47.4. The van der Waals surface area contributed by atoms with Gasteiger partial charge in [0.25, 0.3) is 0 Å². The Morgan fingerprint density at radius 2 is 1.00 bits per heavy atom. The van der Waals surface area contributed by atoms with Gasteiger partial charge in [-0.15, -0.1) is 0 Å². The predicted molar refractivity (Wildman–Crippen MR) is 142 cm³/mol. The van der Waals surface area contributed by atoms with Gasteiger partial charge >= 0.3 is 0 Å². The molecule has 0 bridgehead atoms. The average molecular weight is 422 g/mol.